The highest BCUT2D eigenvalue weighted by Crippen LogP contribution is 2.32. The van der Waals surface area contributed by atoms with Crippen LogP contribution in [0.5, 0.6) is 0 Å². The monoisotopic (exact) mass is 278 g/mol. The molecule has 1 fully saturated rings. The Morgan fingerprint density at radius 2 is 2.42 bits per heavy atom. The zero-order valence-electron chi connectivity index (χ0n) is 10.4. The smallest absolute Gasteiger partial charge is 0.257 e. The minimum atomic E-state index is -0.860. The third kappa shape index (κ3) is 2.41. The molecule has 0 saturated heterocycles. The van der Waals surface area contributed by atoms with Crippen molar-refractivity contribution in [2.75, 3.05) is 0 Å². The number of carbonyl (C=O) groups excluding carboxylic acids is 1. The summed E-state index contributed by atoms with van der Waals surface area (Å²) in [7, 11) is 0. The first-order chi connectivity index (χ1) is 9.16. The lowest BCUT2D eigenvalue weighted by Gasteiger charge is -2.05. The minimum Gasteiger partial charge on any atom is -0.385 e. The fraction of sp³-hybridized carbons (Fsp3) is 0.385. The van der Waals surface area contributed by atoms with Crippen LogP contribution < -0.4 is 5.32 Å². The Balaban J connectivity index is 2.01. The van der Waals surface area contributed by atoms with Crippen LogP contribution >= 0.6 is 11.3 Å². The summed E-state index contributed by atoms with van der Waals surface area (Å²) in [5.41, 5.74) is 0.855. The maximum absolute atomic E-state index is 12.3. The van der Waals surface area contributed by atoms with Crippen molar-refractivity contribution in [2.24, 2.45) is 0 Å². The van der Waals surface area contributed by atoms with Crippen LogP contribution in [0.15, 0.2) is 22.0 Å². The van der Waals surface area contributed by atoms with Crippen LogP contribution in [0.3, 0.4) is 0 Å². The van der Waals surface area contributed by atoms with E-state index in [1.807, 2.05) is 17.5 Å². The SMILES string of the molecule is CC(O)c1onc(-c2cccs2)c1C(=O)NC1CC1. The molecule has 2 N–H and O–H groups in total. The Morgan fingerprint density at radius 3 is 3.00 bits per heavy atom. The first-order valence-electron chi connectivity index (χ1n) is 6.19. The van der Waals surface area contributed by atoms with E-state index < -0.39 is 6.10 Å². The van der Waals surface area contributed by atoms with Crippen molar-refractivity contribution in [1.29, 1.82) is 0 Å². The molecule has 1 amide bonds. The van der Waals surface area contributed by atoms with E-state index in [2.05, 4.69) is 10.5 Å². The lowest BCUT2D eigenvalue weighted by Crippen LogP contribution is -2.26. The van der Waals surface area contributed by atoms with Crippen LogP contribution in [0.4, 0.5) is 0 Å². The Bertz CT molecular complexity index is 585. The highest BCUT2D eigenvalue weighted by molar-refractivity contribution is 7.13. The van der Waals surface area contributed by atoms with Gasteiger partial charge in [0.05, 0.1) is 4.88 Å². The Labute approximate surface area is 114 Å². The number of hydrogen-bond acceptors (Lipinski definition) is 5. The lowest BCUT2D eigenvalue weighted by molar-refractivity contribution is 0.0938. The second-order valence-corrected chi connectivity index (χ2v) is 5.62. The normalized spacial score (nSPS) is 16.3. The van der Waals surface area contributed by atoms with E-state index >= 15 is 0 Å². The molecule has 0 radical (unpaired) electrons. The molecule has 2 aromatic rings. The first-order valence-corrected chi connectivity index (χ1v) is 7.07. The van der Waals surface area contributed by atoms with E-state index in [9.17, 15) is 9.90 Å². The molecule has 0 spiro atoms. The van der Waals surface area contributed by atoms with Gasteiger partial charge in [0.2, 0.25) is 0 Å². The van der Waals surface area contributed by atoms with Gasteiger partial charge >= 0.3 is 0 Å². The fourth-order valence-corrected chi connectivity index (χ4v) is 2.59. The summed E-state index contributed by atoms with van der Waals surface area (Å²) in [4.78, 5) is 13.1. The molecule has 0 aliphatic heterocycles. The number of aliphatic hydroxyl groups excluding tert-OH is 1. The minimum absolute atomic E-state index is 0.219. The number of thiophene rings is 1. The molecule has 0 aromatic carbocycles. The van der Waals surface area contributed by atoms with Crippen LogP contribution in [0, 0.1) is 0 Å². The molecule has 0 bridgehead atoms. The Kier molecular flexibility index (Phi) is 3.12. The van der Waals surface area contributed by atoms with Crippen molar-refractivity contribution in [3.8, 4) is 10.6 Å². The van der Waals surface area contributed by atoms with Crippen LogP contribution in [-0.2, 0) is 0 Å². The number of nitrogens with zero attached hydrogens (tertiary/aromatic N) is 1. The molecule has 1 saturated carbocycles. The summed E-state index contributed by atoms with van der Waals surface area (Å²) in [6, 6.07) is 4.02. The van der Waals surface area contributed by atoms with Gasteiger partial charge in [-0.05, 0) is 31.2 Å². The molecule has 1 aliphatic carbocycles. The second-order valence-electron chi connectivity index (χ2n) is 4.67. The number of hydrogen-bond donors (Lipinski definition) is 2. The quantitative estimate of drug-likeness (QED) is 0.900. The molecule has 1 unspecified atom stereocenters. The molecule has 6 heteroatoms. The number of aliphatic hydroxyl groups is 1. The van der Waals surface area contributed by atoms with Crippen LogP contribution in [0.25, 0.3) is 10.6 Å². The summed E-state index contributed by atoms with van der Waals surface area (Å²) in [6.07, 6.45) is 1.16. The molecule has 2 heterocycles. The van der Waals surface area contributed by atoms with Gasteiger partial charge in [0.15, 0.2) is 5.76 Å². The fourth-order valence-electron chi connectivity index (χ4n) is 1.87. The second kappa shape index (κ2) is 4.79. The van der Waals surface area contributed by atoms with Gasteiger partial charge in [-0.25, -0.2) is 0 Å². The molecule has 1 aliphatic rings. The number of nitrogens with one attached hydrogen (secondary N) is 1. The highest BCUT2D eigenvalue weighted by atomic mass is 32.1. The first kappa shape index (κ1) is 12.4. The predicted octanol–water partition coefficient (Wildman–Crippen LogP) is 2.35. The van der Waals surface area contributed by atoms with Crippen molar-refractivity contribution in [3.05, 3.63) is 28.8 Å². The maximum atomic E-state index is 12.3. The molecule has 19 heavy (non-hydrogen) atoms. The van der Waals surface area contributed by atoms with Gasteiger partial charge in [0, 0.05) is 6.04 Å². The van der Waals surface area contributed by atoms with Crippen molar-refractivity contribution in [1.82, 2.24) is 10.5 Å². The van der Waals surface area contributed by atoms with Gasteiger partial charge in [0.1, 0.15) is 17.4 Å². The van der Waals surface area contributed by atoms with Crippen LogP contribution in [0.2, 0.25) is 0 Å². The number of carbonyl (C=O) groups is 1. The van der Waals surface area contributed by atoms with Gasteiger partial charge in [-0.15, -0.1) is 11.3 Å². The van der Waals surface area contributed by atoms with E-state index in [1.165, 1.54) is 11.3 Å². The average Bonchev–Trinajstić information content (AvgIpc) is 2.91. The van der Waals surface area contributed by atoms with Gasteiger partial charge in [-0.1, -0.05) is 11.2 Å². The molecular weight excluding hydrogens is 264 g/mol. The molecule has 100 valence electrons. The third-order valence-electron chi connectivity index (χ3n) is 2.99. The molecule has 2 aromatic heterocycles. The van der Waals surface area contributed by atoms with Gasteiger partial charge in [-0.2, -0.15) is 0 Å². The molecular formula is C13H14N2O3S. The van der Waals surface area contributed by atoms with E-state index in [-0.39, 0.29) is 17.7 Å². The highest BCUT2D eigenvalue weighted by Gasteiger charge is 2.31. The molecule has 3 rings (SSSR count). The summed E-state index contributed by atoms with van der Waals surface area (Å²) < 4.78 is 5.15. The summed E-state index contributed by atoms with van der Waals surface area (Å²) in [5.74, 6) is 0.00426. The van der Waals surface area contributed by atoms with E-state index in [0.717, 1.165) is 17.7 Å². The summed E-state index contributed by atoms with van der Waals surface area (Å²) >= 11 is 1.48. The zero-order valence-corrected chi connectivity index (χ0v) is 11.2. The van der Waals surface area contributed by atoms with Gasteiger partial charge in [0.25, 0.3) is 5.91 Å². The topological polar surface area (TPSA) is 75.4 Å². The van der Waals surface area contributed by atoms with Crippen LogP contribution in [0.1, 0.15) is 42.0 Å². The number of rotatable bonds is 4. The van der Waals surface area contributed by atoms with E-state index in [0.29, 0.717) is 11.3 Å². The van der Waals surface area contributed by atoms with E-state index in [4.69, 9.17) is 4.52 Å². The largest absolute Gasteiger partial charge is 0.385 e. The van der Waals surface area contributed by atoms with Gasteiger partial charge in [-0.3, -0.25) is 4.79 Å². The lowest BCUT2D eigenvalue weighted by atomic mass is 10.1. The van der Waals surface area contributed by atoms with Crippen molar-refractivity contribution in [2.45, 2.75) is 31.9 Å². The maximum Gasteiger partial charge on any atom is 0.257 e. The molecule has 1 atom stereocenters. The van der Waals surface area contributed by atoms with Crippen molar-refractivity contribution >= 4 is 17.2 Å². The third-order valence-corrected chi connectivity index (χ3v) is 3.87. The Hall–Kier alpha value is -1.66. The van der Waals surface area contributed by atoms with Crippen molar-refractivity contribution in [3.63, 3.8) is 0 Å². The molecule has 5 nitrogen and oxygen atoms in total. The summed E-state index contributed by atoms with van der Waals surface area (Å²) in [5, 5.41) is 18.5. The standard InChI is InChI=1S/C13H14N2O3S/c1-7(16)12-10(13(17)14-8-4-5-8)11(15-18-12)9-3-2-6-19-9/h2-3,6-8,16H,4-5H2,1H3,(H,14,17). The van der Waals surface area contributed by atoms with Crippen molar-refractivity contribution < 1.29 is 14.4 Å². The number of amides is 1. The average molecular weight is 278 g/mol. The van der Waals surface area contributed by atoms with E-state index in [1.54, 1.807) is 6.92 Å². The zero-order chi connectivity index (χ0) is 13.4. The predicted molar refractivity (Wildman–Crippen MR) is 70.9 cm³/mol. The Morgan fingerprint density at radius 1 is 1.63 bits per heavy atom. The van der Waals surface area contributed by atoms with Crippen LogP contribution in [-0.4, -0.2) is 22.2 Å². The number of aromatic nitrogens is 1. The summed E-state index contributed by atoms with van der Waals surface area (Å²) in [6.45, 7) is 1.56. The van der Waals surface area contributed by atoms with Gasteiger partial charge < -0.3 is 14.9 Å².